The van der Waals surface area contributed by atoms with Crippen LogP contribution in [0.15, 0.2) is 42.5 Å². The van der Waals surface area contributed by atoms with E-state index in [2.05, 4.69) is 5.32 Å². The lowest BCUT2D eigenvalue weighted by Crippen LogP contribution is -2.28. The molecule has 0 bridgehead atoms. The molecule has 0 aromatic heterocycles. The van der Waals surface area contributed by atoms with Crippen molar-refractivity contribution in [2.24, 2.45) is 0 Å². The van der Waals surface area contributed by atoms with Crippen LogP contribution in [0.1, 0.15) is 28.8 Å². The minimum Gasteiger partial charge on any atom is -0.322 e. The molecule has 3 rings (SSSR count). The highest BCUT2D eigenvalue weighted by Gasteiger charge is 2.28. The number of halogens is 2. The third-order valence-electron chi connectivity index (χ3n) is 3.88. The van der Waals surface area contributed by atoms with Gasteiger partial charge in [0.15, 0.2) is 0 Å². The maximum Gasteiger partial charge on any atom is 0.258 e. The minimum atomic E-state index is -0.944. The first-order chi connectivity index (χ1) is 11.9. The number of hydrogen-bond donors (Lipinski definition) is 1. The van der Waals surface area contributed by atoms with Crippen LogP contribution in [0.3, 0.4) is 0 Å². The van der Waals surface area contributed by atoms with Gasteiger partial charge in [-0.2, -0.15) is 0 Å². The van der Waals surface area contributed by atoms with Gasteiger partial charge in [-0.15, -0.1) is 0 Å². The van der Waals surface area contributed by atoms with Crippen molar-refractivity contribution < 1.29 is 23.2 Å². The number of amides is 3. The average molecular weight is 344 g/mol. The lowest BCUT2D eigenvalue weighted by Gasteiger charge is -2.14. The zero-order valence-electron chi connectivity index (χ0n) is 13.1. The van der Waals surface area contributed by atoms with Crippen molar-refractivity contribution in [2.45, 2.75) is 19.4 Å². The number of rotatable bonds is 4. The van der Waals surface area contributed by atoms with E-state index in [-0.39, 0.29) is 36.8 Å². The Morgan fingerprint density at radius 2 is 1.64 bits per heavy atom. The van der Waals surface area contributed by atoms with Gasteiger partial charge >= 0.3 is 0 Å². The third kappa shape index (κ3) is 3.71. The van der Waals surface area contributed by atoms with E-state index >= 15 is 0 Å². The van der Waals surface area contributed by atoms with Gasteiger partial charge in [-0.1, -0.05) is 12.1 Å². The SMILES string of the molecule is O=C(Nc1ccc(CN2C(=O)CCC2=O)cc1)c1ccc(F)cc1F. The van der Waals surface area contributed by atoms with Crippen molar-refractivity contribution in [3.8, 4) is 0 Å². The molecule has 1 fully saturated rings. The van der Waals surface area contributed by atoms with Crippen LogP contribution >= 0.6 is 0 Å². The van der Waals surface area contributed by atoms with E-state index in [0.29, 0.717) is 11.8 Å². The molecule has 0 spiro atoms. The highest BCUT2D eigenvalue weighted by atomic mass is 19.1. The van der Waals surface area contributed by atoms with Gasteiger partial charge in [0.25, 0.3) is 5.91 Å². The molecule has 7 heteroatoms. The van der Waals surface area contributed by atoms with Crippen LogP contribution in [0.2, 0.25) is 0 Å². The van der Waals surface area contributed by atoms with Crippen LogP contribution < -0.4 is 5.32 Å². The standard InChI is InChI=1S/C18H14F2N2O3/c19-12-3-6-14(15(20)9-12)18(25)21-13-4-1-11(2-5-13)10-22-16(23)7-8-17(22)24/h1-6,9H,7-8,10H2,(H,21,25). The van der Waals surface area contributed by atoms with E-state index in [1.807, 2.05) is 0 Å². The van der Waals surface area contributed by atoms with E-state index in [9.17, 15) is 23.2 Å². The minimum absolute atomic E-state index is 0.179. The Morgan fingerprint density at radius 3 is 2.24 bits per heavy atom. The molecular formula is C18H14F2N2O3. The summed E-state index contributed by atoms with van der Waals surface area (Å²) >= 11 is 0. The first-order valence-electron chi connectivity index (χ1n) is 7.62. The second-order valence-corrected chi connectivity index (χ2v) is 5.65. The van der Waals surface area contributed by atoms with Gasteiger partial charge in [0.2, 0.25) is 11.8 Å². The molecule has 25 heavy (non-hydrogen) atoms. The Bertz CT molecular complexity index is 834. The number of carbonyl (C=O) groups excluding carboxylic acids is 3. The summed E-state index contributed by atoms with van der Waals surface area (Å²) in [5.41, 5.74) is 0.879. The molecule has 1 aliphatic heterocycles. The highest BCUT2D eigenvalue weighted by molar-refractivity contribution is 6.04. The van der Waals surface area contributed by atoms with Crippen LogP contribution in [-0.4, -0.2) is 22.6 Å². The molecule has 128 valence electrons. The summed E-state index contributed by atoms with van der Waals surface area (Å²) in [7, 11) is 0. The molecule has 5 nitrogen and oxygen atoms in total. The Morgan fingerprint density at radius 1 is 1.00 bits per heavy atom. The van der Waals surface area contributed by atoms with E-state index in [4.69, 9.17) is 0 Å². The quantitative estimate of drug-likeness (QED) is 0.868. The number of hydrogen-bond acceptors (Lipinski definition) is 3. The topological polar surface area (TPSA) is 66.5 Å². The first-order valence-corrected chi connectivity index (χ1v) is 7.62. The molecule has 0 radical (unpaired) electrons. The summed E-state index contributed by atoms with van der Waals surface area (Å²) in [6.07, 6.45) is 0.465. The predicted molar refractivity (Wildman–Crippen MR) is 85.5 cm³/mol. The van der Waals surface area contributed by atoms with Gasteiger partial charge in [-0.3, -0.25) is 19.3 Å². The molecule has 2 aromatic carbocycles. The van der Waals surface area contributed by atoms with E-state index in [0.717, 1.165) is 17.7 Å². The molecule has 2 aromatic rings. The average Bonchev–Trinajstić information content (AvgIpc) is 2.88. The zero-order valence-corrected chi connectivity index (χ0v) is 13.1. The van der Waals surface area contributed by atoms with Crippen LogP contribution in [0.4, 0.5) is 14.5 Å². The Hall–Kier alpha value is -3.09. The molecule has 1 heterocycles. The van der Waals surface area contributed by atoms with Gasteiger partial charge < -0.3 is 5.32 Å². The molecule has 1 saturated heterocycles. The van der Waals surface area contributed by atoms with Gasteiger partial charge in [-0.05, 0) is 29.8 Å². The zero-order chi connectivity index (χ0) is 18.0. The molecule has 0 saturated carbocycles. The monoisotopic (exact) mass is 344 g/mol. The lowest BCUT2D eigenvalue weighted by molar-refractivity contribution is -0.139. The van der Waals surface area contributed by atoms with Gasteiger partial charge in [0.05, 0.1) is 12.1 Å². The molecule has 3 amide bonds. The van der Waals surface area contributed by atoms with Crippen molar-refractivity contribution in [1.29, 1.82) is 0 Å². The first kappa shape index (κ1) is 16.8. The van der Waals surface area contributed by atoms with Gasteiger partial charge in [0, 0.05) is 24.6 Å². The van der Waals surface area contributed by atoms with Crippen LogP contribution in [0.5, 0.6) is 0 Å². The van der Waals surface area contributed by atoms with Crippen LogP contribution in [0.25, 0.3) is 0 Å². The lowest BCUT2D eigenvalue weighted by atomic mass is 10.1. The van der Waals surface area contributed by atoms with Gasteiger partial charge in [0.1, 0.15) is 11.6 Å². The molecule has 0 unspecified atom stereocenters. The Kier molecular flexibility index (Phi) is 4.56. The summed E-state index contributed by atoms with van der Waals surface area (Å²) in [6, 6.07) is 9.20. The van der Waals surface area contributed by atoms with Crippen molar-refractivity contribution in [3.63, 3.8) is 0 Å². The smallest absolute Gasteiger partial charge is 0.258 e. The van der Waals surface area contributed by atoms with Crippen molar-refractivity contribution in [1.82, 2.24) is 4.90 Å². The van der Waals surface area contributed by atoms with Crippen LogP contribution in [-0.2, 0) is 16.1 Å². The maximum atomic E-state index is 13.6. The molecule has 0 atom stereocenters. The Labute approximate surface area is 142 Å². The van der Waals surface area contributed by atoms with Crippen molar-refractivity contribution >= 4 is 23.4 Å². The number of nitrogens with zero attached hydrogens (tertiary/aromatic N) is 1. The largest absolute Gasteiger partial charge is 0.322 e. The number of imide groups is 1. The number of likely N-dealkylation sites (tertiary alicyclic amines) is 1. The summed E-state index contributed by atoms with van der Waals surface area (Å²) in [6.45, 7) is 0.179. The number of carbonyl (C=O) groups is 3. The van der Waals surface area contributed by atoms with Gasteiger partial charge in [-0.25, -0.2) is 8.78 Å². The van der Waals surface area contributed by atoms with E-state index in [1.165, 1.54) is 4.90 Å². The maximum absolute atomic E-state index is 13.6. The summed E-state index contributed by atoms with van der Waals surface area (Å²) in [5, 5.41) is 2.51. The van der Waals surface area contributed by atoms with E-state index < -0.39 is 17.5 Å². The van der Waals surface area contributed by atoms with E-state index in [1.54, 1.807) is 24.3 Å². The second-order valence-electron chi connectivity index (χ2n) is 5.65. The fourth-order valence-corrected chi connectivity index (χ4v) is 2.55. The van der Waals surface area contributed by atoms with Crippen molar-refractivity contribution in [3.05, 3.63) is 65.2 Å². The Balaban J connectivity index is 1.67. The predicted octanol–water partition coefficient (Wildman–Crippen LogP) is 2.87. The van der Waals surface area contributed by atoms with Crippen molar-refractivity contribution in [2.75, 3.05) is 5.32 Å². The fraction of sp³-hybridized carbons (Fsp3) is 0.167. The summed E-state index contributed by atoms with van der Waals surface area (Å²) in [5.74, 6) is -2.80. The fourth-order valence-electron chi connectivity index (χ4n) is 2.55. The summed E-state index contributed by atoms with van der Waals surface area (Å²) < 4.78 is 26.5. The molecule has 0 aliphatic carbocycles. The highest BCUT2D eigenvalue weighted by Crippen LogP contribution is 2.18. The number of benzene rings is 2. The number of nitrogens with one attached hydrogen (secondary N) is 1. The second kappa shape index (κ2) is 6.80. The third-order valence-corrected chi connectivity index (χ3v) is 3.88. The molecule has 1 aliphatic rings. The summed E-state index contributed by atoms with van der Waals surface area (Å²) in [4.78, 5) is 36.4. The number of anilines is 1. The molecular weight excluding hydrogens is 330 g/mol. The van der Waals surface area contributed by atoms with Crippen LogP contribution in [0, 0.1) is 11.6 Å². The molecule has 1 N–H and O–H groups in total. The normalized spacial score (nSPS) is 14.1.